The van der Waals surface area contributed by atoms with E-state index in [0.29, 0.717) is 13.1 Å². The number of nitrogens with two attached hydrogens (primary N) is 1. The molecule has 0 bridgehead atoms. The largest absolute Gasteiger partial charge is 0.330 e. The van der Waals surface area contributed by atoms with Crippen LogP contribution in [0.25, 0.3) is 0 Å². The molecule has 7 nitrogen and oxygen atoms in total. The van der Waals surface area contributed by atoms with Gasteiger partial charge >= 0.3 is 0 Å². The van der Waals surface area contributed by atoms with Crippen LogP contribution in [0.4, 0.5) is 0 Å². The van der Waals surface area contributed by atoms with Crippen LogP contribution in [0, 0.1) is 0 Å². The van der Waals surface area contributed by atoms with Crippen LogP contribution >= 0.6 is 0 Å². The molecule has 0 spiro atoms. The second kappa shape index (κ2) is 6.87. The molecule has 1 saturated heterocycles. The second-order valence-corrected chi connectivity index (χ2v) is 7.66. The average molecular weight is 315 g/mol. The van der Waals surface area contributed by atoms with Crippen LogP contribution in [0.15, 0.2) is 17.3 Å². The van der Waals surface area contributed by atoms with E-state index in [-0.39, 0.29) is 10.9 Å². The highest BCUT2D eigenvalue weighted by atomic mass is 32.2. The van der Waals surface area contributed by atoms with Crippen LogP contribution in [-0.4, -0.2) is 67.2 Å². The van der Waals surface area contributed by atoms with Gasteiger partial charge in [0.2, 0.25) is 10.0 Å². The molecule has 0 saturated carbocycles. The average Bonchev–Trinajstić information content (AvgIpc) is 2.93. The molecule has 21 heavy (non-hydrogen) atoms. The molecule has 1 aromatic heterocycles. The van der Waals surface area contributed by atoms with Crippen LogP contribution in [0.5, 0.6) is 0 Å². The SMILES string of the molecule is CN1CCCC(N(C)S(=O)(=O)c2cnn(CCCN)c2)C1. The molecule has 0 aromatic carbocycles. The number of likely N-dealkylation sites (N-methyl/N-ethyl adjacent to an activating group) is 2. The monoisotopic (exact) mass is 315 g/mol. The smallest absolute Gasteiger partial charge is 0.246 e. The third kappa shape index (κ3) is 3.82. The lowest BCUT2D eigenvalue weighted by Crippen LogP contribution is -2.47. The highest BCUT2D eigenvalue weighted by Crippen LogP contribution is 2.21. The number of hydrogen-bond donors (Lipinski definition) is 1. The molecular weight excluding hydrogens is 290 g/mol. The lowest BCUT2D eigenvalue weighted by Gasteiger charge is -2.34. The molecule has 8 heteroatoms. The third-order valence-electron chi connectivity index (χ3n) is 3.99. The maximum absolute atomic E-state index is 12.7. The van der Waals surface area contributed by atoms with Gasteiger partial charge in [-0.15, -0.1) is 0 Å². The zero-order valence-electron chi connectivity index (χ0n) is 12.8. The number of likely N-dealkylation sites (tertiary alicyclic amines) is 1. The second-order valence-electron chi connectivity index (χ2n) is 5.66. The van der Waals surface area contributed by atoms with E-state index in [4.69, 9.17) is 5.73 Å². The summed E-state index contributed by atoms with van der Waals surface area (Å²) in [5.41, 5.74) is 5.46. The van der Waals surface area contributed by atoms with Crippen LogP contribution in [0.1, 0.15) is 19.3 Å². The maximum atomic E-state index is 12.7. The van der Waals surface area contributed by atoms with Gasteiger partial charge < -0.3 is 10.6 Å². The minimum absolute atomic E-state index is 0.0288. The molecule has 0 radical (unpaired) electrons. The Kier molecular flexibility index (Phi) is 5.37. The first-order valence-corrected chi connectivity index (χ1v) is 8.78. The Bertz CT molecular complexity index is 557. The van der Waals surface area contributed by atoms with Gasteiger partial charge in [-0.25, -0.2) is 8.42 Å². The van der Waals surface area contributed by atoms with Crippen molar-refractivity contribution in [1.29, 1.82) is 0 Å². The molecule has 0 amide bonds. The van der Waals surface area contributed by atoms with Gasteiger partial charge in [0.15, 0.2) is 0 Å². The molecule has 2 N–H and O–H groups in total. The minimum atomic E-state index is -3.47. The van der Waals surface area contributed by atoms with Gasteiger partial charge in [-0.2, -0.15) is 9.40 Å². The fourth-order valence-corrected chi connectivity index (χ4v) is 3.98. The lowest BCUT2D eigenvalue weighted by molar-refractivity contribution is 0.187. The summed E-state index contributed by atoms with van der Waals surface area (Å²) in [6.45, 7) is 3.01. The van der Waals surface area contributed by atoms with Gasteiger partial charge in [0.25, 0.3) is 0 Å². The maximum Gasteiger partial charge on any atom is 0.246 e. The number of aryl methyl sites for hydroxylation is 1. The number of aromatic nitrogens is 2. The highest BCUT2D eigenvalue weighted by molar-refractivity contribution is 7.89. The van der Waals surface area contributed by atoms with Crippen molar-refractivity contribution in [3.8, 4) is 0 Å². The zero-order chi connectivity index (χ0) is 15.5. The van der Waals surface area contributed by atoms with Crippen LogP contribution < -0.4 is 5.73 Å². The van der Waals surface area contributed by atoms with Crippen molar-refractivity contribution in [3.05, 3.63) is 12.4 Å². The molecule has 120 valence electrons. The summed E-state index contributed by atoms with van der Waals surface area (Å²) >= 11 is 0. The predicted octanol–water partition coefficient (Wildman–Crippen LogP) is -0.0534. The predicted molar refractivity (Wildman–Crippen MR) is 81.4 cm³/mol. The van der Waals surface area contributed by atoms with E-state index in [1.807, 2.05) is 7.05 Å². The van der Waals surface area contributed by atoms with Crippen molar-refractivity contribution >= 4 is 10.0 Å². The molecule has 2 rings (SSSR count). The first-order chi connectivity index (χ1) is 9.95. The number of nitrogens with zero attached hydrogens (tertiary/aromatic N) is 4. The summed E-state index contributed by atoms with van der Waals surface area (Å²) in [5, 5.41) is 4.11. The van der Waals surface area contributed by atoms with E-state index in [1.54, 1.807) is 17.9 Å². The Morgan fingerprint density at radius 3 is 2.95 bits per heavy atom. The van der Waals surface area contributed by atoms with E-state index >= 15 is 0 Å². The van der Waals surface area contributed by atoms with E-state index in [9.17, 15) is 8.42 Å². The van der Waals surface area contributed by atoms with Crippen molar-refractivity contribution in [1.82, 2.24) is 19.0 Å². The van der Waals surface area contributed by atoms with Gasteiger partial charge in [0, 0.05) is 32.4 Å². The normalized spacial score (nSPS) is 21.0. The molecule has 1 aliphatic rings. The van der Waals surface area contributed by atoms with E-state index in [1.165, 1.54) is 10.5 Å². The van der Waals surface area contributed by atoms with Gasteiger partial charge in [-0.05, 0) is 39.4 Å². The summed E-state index contributed by atoms with van der Waals surface area (Å²) in [7, 11) is 0.214. The molecule has 1 aromatic rings. The number of rotatable bonds is 6. The first-order valence-electron chi connectivity index (χ1n) is 7.34. The Labute approximate surface area is 126 Å². The van der Waals surface area contributed by atoms with Crippen molar-refractivity contribution < 1.29 is 8.42 Å². The molecule has 1 aliphatic heterocycles. The Hall–Kier alpha value is -0.960. The van der Waals surface area contributed by atoms with Crippen molar-refractivity contribution in [2.75, 3.05) is 33.7 Å². The minimum Gasteiger partial charge on any atom is -0.330 e. The van der Waals surface area contributed by atoms with E-state index in [0.717, 1.165) is 32.4 Å². The van der Waals surface area contributed by atoms with Crippen LogP contribution in [0.3, 0.4) is 0 Å². The Morgan fingerprint density at radius 2 is 2.29 bits per heavy atom. The van der Waals surface area contributed by atoms with Gasteiger partial charge in [0.05, 0.1) is 6.20 Å². The Morgan fingerprint density at radius 1 is 1.52 bits per heavy atom. The number of piperidine rings is 1. The summed E-state index contributed by atoms with van der Waals surface area (Å²) in [4.78, 5) is 2.43. The summed E-state index contributed by atoms with van der Waals surface area (Å²) in [5.74, 6) is 0. The van der Waals surface area contributed by atoms with Gasteiger partial charge in [0.1, 0.15) is 4.90 Å². The van der Waals surface area contributed by atoms with E-state index < -0.39 is 10.0 Å². The molecule has 0 aliphatic carbocycles. The van der Waals surface area contributed by atoms with Crippen LogP contribution in [0.2, 0.25) is 0 Å². The van der Waals surface area contributed by atoms with Crippen LogP contribution in [-0.2, 0) is 16.6 Å². The van der Waals surface area contributed by atoms with Crippen molar-refractivity contribution in [3.63, 3.8) is 0 Å². The summed E-state index contributed by atoms with van der Waals surface area (Å²) < 4.78 is 28.4. The molecule has 1 unspecified atom stereocenters. The van der Waals surface area contributed by atoms with Gasteiger partial charge in [-0.3, -0.25) is 4.68 Å². The highest BCUT2D eigenvalue weighted by Gasteiger charge is 2.31. The topological polar surface area (TPSA) is 84.5 Å². The summed E-state index contributed by atoms with van der Waals surface area (Å²) in [6.07, 6.45) is 5.73. The fourth-order valence-electron chi connectivity index (χ4n) is 2.65. The van der Waals surface area contributed by atoms with Crippen molar-refractivity contribution in [2.45, 2.75) is 36.7 Å². The molecule has 1 fully saturated rings. The summed E-state index contributed by atoms with van der Waals surface area (Å²) in [6, 6.07) is 0.0288. The Balaban J connectivity index is 2.11. The van der Waals surface area contributed by atoms with Crippen molar-refractivity contribution in [2.24, 2.45) is 5.73 Å². The number of hydrogen-bond acceptors (Lipinski definition) is 5. The quantitative estimate of drug-likeness (QED) is 0.795. The molecular formula is C13H25N5O2S. The fraction of sp³-hybridized carbons (Fsp3) is 0.769. The standard InChI is InChI=1S/C13H25N5O2S/c1-16-7-3-5-12(10-16)17(2)21(19,20)13-9-15-18(11-13)8-4-6-14/h9,11-12H,3-8,10,14H2,1-2H3. The lowest BCUT2D eigenvalue weighted by atomic mass is 10.1. The van der Waals surface area contributed by atoms with E-state index in [2.05, 4.69) is 10.00 Å². The first kappa shape index (κ1) is 16.4. The zero-order valence-corrected chi connectivity index (χ0v) is 13.6. The molecule has 2 heterocycles. The molecule has 1 atom stereocenters. The number of sulfonamides is 1. The third-order valence-corrected chi connectivity index (χ3v) is 5.85. The van der Waals surface area contributed by atoms with Gasteiger partial charge in [-0.1, -0.05) is 0 Å².